The number of amides is 1. The van der Waals surface area contributed by atoms with Gasteiger partial charge in [0, 0.05) is 23.9 Å². The number of thiocarbonyl (C=S) groups is 1. The number of aromatic nitrogens is 2. The smallest absolute Gasteiger partial charge is 0.238 e. The van der Waals surface area contributed by atoms with Crippen molar-refractivity contribution >= 4 is 23.2 Å². The summed E-state index contributed by atoms with van der Waals surface area (Å²) in [6.45, 7) is 5.92. The number of hydrogen-bond acceptors (Lipinski definition) is 5. The van der Waals surface area contributed by atoms with Crippen LogP contribution < -0.4 is 16.2 Å². The number of carbonyl (C=O) groups is 1. The molecule has 2 aromatic rings. The molecule has 7 nitrogen and oxygen atoms in total. The van der Waals surface area contributed by atoms with Gasteiger partial charge in [-0.25, -0.2) is 0 Å². The molecule has 0 saturated heterocycles. The Kier molecular flexibility index (Phi) is 5.86. The summed E-state index contributed by atoms with van der Waals surface area (Å²) in [5, 5.41) is 7.31. The van der Waals surface area contributed by atoms with Crippen LogP contribution in [0.2, 0.25) is 0 Å². The SMILES string of the molecule is CC(C)(C)NC(=S)NNC(=O)CCc1nc(-c2ccccc2)no1. The van der Waals surface area contributed by atoms with Crippen molar-refractivity contribution in [2.45, 2.75) is 39.2 Å². The van der Waals surface area contributed by atoms with Gasteiger partial charge in [0.15, 0.2) is 5.11 Å². The Bertz CT molecular complexity index is 694. The zero-order valence-electron chi connectivity index (χ0n) is 13.9. The molecule has 0 radical (unpaired) electrons. The number of nitrogens with one attached hydrogen (secondary N) is 3. The molecule has 0 fully saturated rings. The van der Waals surface area contributed by atoms with E-state index in [4.69, 9.17) is 16.7 Å². The number of aryl methyl sites for hydroxylation is 1. The molecule has 0 aliphatic carbocycles. The maximum atomic E-state index is 11.8. The van der Waals surface area contributed by atoms with Gasteiger partial charge < -0.3 is 9.84 Å². The van der Waals surface area contributed by atoms with Gasteiger partial charge in [-0.3, -0.25) is 15.6 Å². The van der Waals surface area contributed by atoms with Crippen LogP contribution in [-0.4, -0.2) is 26.7 Å². The third kappa shape index (κ3) is 5.96. The highest BCUT2D eigenvalue weighted by Crippen LogP contribution is 2.15. The van der Waals surface area contributed by atoms with Gasteiger partial charge in [-0.1, -0.05) is 35.5 Å². The van der Waals surface area contributed by atoms with Gasteiger partial charge in [0.2, 0.25) is 17.6 Å². The van der Waals surface area contributed by atoms with Gasteiger partial charge in [0.1, 0.15) is 0 Å². The van der Waals surface area contributed by atoms with Crippen LogP contribution in [0.25, 0.3) is 11.4 Å². The van der Waals surface area contributed by atoms with Crippen LogP contribution in [0.4, 0.5) is 0 Å². The lowest BCUT2D eigenvalue weighted by Gasteiger charge is -2.23. The Hall–Kier alpha value is -2.48. The molecular weight excluding hydrogens is 326 g/mol. The summed E-state index contributed by atoms with van der Waals surface area (Å²) in [5.74, 6) is 0.714. The van der Waals surface area contributed by atoms with E-state index in [-0.39, 0.29) is 17.9 Å². The van der Waals surface area contributed by atoms with E-state index < -0.39 is 0 Å². The second kappa shape index (κ2) is 7.87. The maximum absolute atomic E-state index is 11.8. The van der Waals surface area contributed by atoms with Crippen molar-refractivity contribution in [1.29, 1.82) is 0 Å². The minimum atomic E-state index is -0.215. The van der Waals surface area contributed by atoms with Gasteiger partial charge in [-0.05, 0) is 33.0 Å². The zero-order valence-corrected chi connectivity index (χ0v) is 14.7. The first-order valence-electron chi connectivity index (χ1n) is 7.58. The first-order valence-corrected chi connectivity index (χ1v) is 7.99. The van der Waals surface area contributed by atoms with Crippen LogP contribution in [0, 0.1) is 0 Å². The summed E-state index contributed by atoms with van der Waals surface area (Å²) >= 11 is 5.08. The molecule has 8 heteroatoms. The van der Waals surface area contributed by atoms with Crippen LogP contribution in [0.1, 0.15) is 33.1 Å². The fourth-order valence-electron chi connectivity index (χ4n) is 1.84. The maximum Gasteiger partial charge on any atom is 0.238 e. The predicted molar refractivity (Wildman–Crippen MR) is 94.8 cm³/mol. The highest BCUT2D eigenvalue weighted by atomic mass is 32.1. The van der Waals surface area contributed by atoms with Crippen molar-refractivity contribution < 1.29 is 9.32 Å². The topological polar surface area (TPSA) is 92.1 Å². The average molecular weight is 347 g/mol. The first-order chi connectivity index (χ1) is 11.3. The standard InChI is InChI=1S/C16H21N5O2S/c1-16(2,3)18-15(24)20-19-12(22)9-10-13-17-14(21-23-13)11-7-5-4-6-8-11/h4-8H,9-10H2,1-3H3,(H,19,22)(H2,18,20,24). The van der Waals surface area contributed by atoms with Crippen molar-refractivity contribution in [1.82, 2.24) is 26.3 Å². The van der Waals surface area contributed by atoms with E-state index in [9.17, 15) is 4.79 Å². The lowest BCUT2D eigenvalue weighted by atomic mass is 10.1. The molecule has 0 bridgehead atoms. The number of nitrogens with zero attached hydrogens (tertiary/aromatic N) is 2. The van der Waals surface area contributed by atoms with Crippen molar-refractivity contribution in [3.63, 3.8) is 0 Å². The highest BCUT2D eigenvalue weighted by molar-refractivity contribution is 7.80. The minimum absolute atomic E-state index is 0.174. The molecule has 2 rings (SSSR count). The normalized spacial score (nSPS) is 11.0. The third-order valence-electron chi connectivity index (χ3n) is 2.87. The van der Waals surface area contributed by atoms with Crippen molar-refractivity contribution in [2.75, 3.05) is 0 Å². The Morgan fingerprint density at radius 2 is 1.92 bits per heavy atom. The van der Waals surface area contributed by atoms with Crippen LogP contribution in [0.5, 0.6) is 0 Å². The van der Waals surface area contributed by atoms with E-state index in [1.165, 1.54) is 0 Å². The summed E-state index contributed by atoms with van der Waals surface area (Å²) in [6.07, 6.45) is 0.564. The molecule has 0 aliphatic rings. The Balaban J connectivity index is 1.76. The van der Waals surface area contributed by atoms with E-state index >= 15 is 0 Å². The van der Waals surface area contributed by atoms with Gasteiger partial charge in [0.25, 0.3) is 0 Å². The van der Waals surface area contributed by atoms with Crippen molar-refractivity contribution in [2.24, 2.45) is 0 Å². The average Bonchev–Trinajstić information content (AvgIpc) is 2.99. The quantitative estimate of drug-likeness (QED) is 0.575. The van der Waals surface area contributed by atoms with E-state index in [0.29, 0.717) is 23.2 Å². The lowest BCUT2D eigenvalue weighted by Crippen LogP contribution is -2.52. The zero-order chi connectivity index (χ0) is 17.6. The van der Waals surface area contributed by atoms with Crippen molar-refractivity contribution in [3.05, 3.63) is 36.2 Å². The largest absolute Gasteiger partial charge is 0.357 e. The Labute approximate surface area is 146 Å². The number of hydrazine groups is 1. The molecule has 3 N–H and O–H groups in total. The summed E-state index contributed by atoms with van der Waals surface area (Å²) in [5.41, 5.74) is 5.89. The van der Waals surface area contributed by atoms with E-state index in [1.807, 2.05) is 51.1 Å². The first kappa shape index (κ1) is 17.9. The highest BCUT2D eigenvalue weighted by Gasteiger charge is 2.13. The van der Waals surface area contributed by atoms with Gasteiger partial charge in [-0.2, -0.15) is 4.98 Å². The van der Waals surface area contributed by atoms with Gasteiger partial charge in [0.05, 0.1) is 0 Å². The summed E-state index contributed by atoms with van der Waals surface area (Å²) in [6, 6.07) is 9.52. The lowest BCUT2D eigenvalue weighted by molar-refractivity contribution is -0.121. The molecule has 1 aromatic carbocycles. The molecule has 0 unspecified atom stereocenters. The van der Waals surface area contributed by atoms with Crippen LogP contribution in [0.3, 0.4) is 0 Å². The monoisotopic (exact) mass is 347 g/mol. The molecule has 128 valence electrons. The van der Waals surface area contributed by atoms with Crippen LogP contribution in [0.15, 0.2) is 34.9 Å². The molecule has 0 aliphatic heterocycles. The molecule has 1 amide bonds. The fourth-order valence-corrected chi connectivity index (χ4v) is 2.20. The fraction of sp³-hybridized carbons (Fsp3) is 0.375. The Morgan fingerprint density at radius 3 is 2.58 bits per heavy atom. The number of hydrogen-bond donors (Lipinski definition) is 3. The number of carbonyl (C=O) groups excluding carboxylic acids is 1. The van der Waals surface area contributed by atoms with E-state index in [2.05, 4.69) is 26.3 Å². The molecule has 0 saturated carbocycles. The van der Waals surface area contributed by atoms with Crippen LogP contribution >= 0.6 is 12.2 Å². The minimum Gasteiger partial charge on any atom is -0.357 e. The van der Waals surface area contributed by atoms with Gasteiger partial charge >= 0.3 is 0 Å². The van der Waals surface area contributed by atoms with Crippen LogP contribution in [-0.2, 0) is 11.2 Å². The van der Waals surface area contributed by atoms with E-state index in [1.54, 1.807) is 0 Å². The predicted octanol–water partition coefficient (Wildman–Crippen LogP) is 1.96. The number of rotatable bonds is 4. The summed E-state index contributed by atoms with van der Waals surface area (Å²) < 4.78 is 5.16. The third-order valence-corrected chi connectivity index (χ3v) is 3.07. The summed E-state index contributed by atoms with van der Waals surface area (Å²) in [7, 11) is 0. The van der Waals surface area contributed by atoms with Crippen molar-refractivity contribution in [3.8, 4) is 11.4 Å². The van der Waals surface area contributed by atoms with E-state index in [0.717, 1.165) is 5.56 Å². The molecule has 1 aromatic heterocycles. The molecule has 1 heterocycles. The number of benzene rings is 1. The molecular formula is C16H21N5O2S. The second-order valence-corrected chi connectivity index (χ2v) is 6.66. The molecule has 24 heavy (non-hydrogen) atoms. The molecule has 0 atom stereocenters. The molecule has 0 spiro atoms. The Morgan fingerprint density at radius 1 is 1.21 bits per heavy atom. The summed E-state index contributed by atoms with van der Waals surface area (Å²) in [4.78, 5) is 16.1. The second-order valence-electron chi connectivity index (χ2n) is 6.26. The van der Waals surface area contributed by atoms with Gasteiger partial charge in [-0.15, -0.1) is 0 Å².